The van der Waals surface area contributed by atoms with Crippen LogP contribution in [-0.2, 0) is 21.9 Å². The molecule has 0 bridgehead atoms. The number of aryl methyl sites for hydroxylation is 1. The third-order valence-electron chi connectivity index (χ3n) is 5.72. The molecule has 0 spiro atoms. The van der Waals surface area contributed by atoms with Crippen LogP contribution in [0.1, 0.15) is 34.4 Å². The van der Waals surface area contributed by atoms with Crippen LogP contribution in [0.2, 0.25) is 0 Å². The quantitative estimate of drug-likeness (QED) is 0.506. The number of thioether (sulfide) groups is 1. The zero-order valence-corrected chi connectivity index (χ0v) is 20.4. The summed E-state index contributed by atoms with van der Waals surface area (Å²) in [4.78, 5) is 38.0. The topological polar surface area (TPSA) is 74.1 Å². The van der Waals surface area contributed by atoms with Crippen LogP contribution in [-0.4, -0.2) is 33.8 Å². The molecule has 1 atom stereocenters. The number of thiophene rings is 1. The van der Waals surface area contributed by atoms with Crippen LogP contribution in [0.3, 0.4) is 0 Å². The van der Waals surface area contributed by atoms with Crippen molar-refractivity contribution >= 4 is 51.6 Å². The van der Waals surface area contributed by atoms with Crippen LogP contribution in [0.4, 0.5) is 5.69 Å². The third kappa shape index (κ3) is 4.83. The maximum atomic E-state index is 13.4. The maximum Gasteiger partial charge on any atom is 0.259 e. The zero-order chi connectivity index (χ0) is 23.5. The SMILES string of the molecule is Cc1ccc(CSC2=Nc3ccccc3C3=N[C@H](CCC(=O)NCc4cccs4)C(=O)N23)cc1. The highest BCUT2D eigenvalue weighted by molar-refractivity contribution is 8.13. The highest BCUT2D eigenvalue weighted by Gasteiger charge is 2.41. The Labute approximate surface area is 206 Å². The lowest BCUT2D eigenvalue weighted by Gasteiger charge is -2.25. The third-order valence-corrected chi connectivity index (χ3v) is 7.61. The van der Waals surface area contributed by atoms with Gasteiger partial charge in [0.15, 0.2) is 5.17 Å². The fourth-order valence-corrected chi connectivity index (χ4v) is 5.48. The Hall–Kier alpha value is -3.23. The summed E-state index contributed by atoms with van der Waals surface area (Å²) in [6, 6.07) is 19.5. The Balaban J connectivity index is 1.29. The summed E-state index contributed by atoms with van der Waals surface area (Å²) in [5, 5.41) is 5.54. The van der Waals surface area contributed by atoms with Crippen LogP contribution in [0.5, 0.6) is 0 Å². The summed E-state index contributed by atoms with van der Waals surface area (Å²) < 4.78 is 0. The molecule has 3 heterocycles. The lowest BCUT2D eigenvalue weighted by atomic mass is 10.1. The van der Waals surface area contributed by atoms with Gasteiger partial charge in [-0.3, -0.25) is 14.6 Å². The lowest BCUT2D eigenvalue weighted by Crippen LogP contribution is -2.41. The number of amidine groups is 2. The van der Waals surface area contributed by atoms with Crippen LogP contribution >= 0.6 is 23.1 Å². The van der Waals surface area contributed by atoms with Crippen LogP contribution < -0.4 is 5.32 Å². The fourth-order valence-electron chi connectivity index (χ4n) is 3.87. The smallest absolute Gasteiger partial charge is 0.259 e. The molecule has 8 heteroatoms. The van der Waals surface area contributed by atoms with Gasteiger partial charge in [0.05, 0.1) is 12.2 Å². The number of carbonyl (C=O) groups is 2. The minimum Gasteiger partial charge on any atom is -0.351 e. The lowest BCUT2D eigenvalue weighted by molar-refractivity contribution is -0.125. The highest BCUT2D eigenvalue weighted by Crippen LogP contribution is 2.35. The van der Waals surface area contributed by atoms with Gasteiger partial charge in [0.2, 0.25) is 5.91 Å². The molecule has 0 radical (unpaired) electrons. The molecule has 0 unspecified atom stereocenters. The van der Waals surface area contributed by atoms with Crippen LogP contribution in [0, 0.1) is 6.92 Å². The number of benzene rings is 2. The van der Waals surface area contributed by atoms with E-state index < -0.39 is 6.04 Å². The van der Waals surface area contributed by atoms with Crippen molar-refractivity contribution in [2.24, 2.45) is 9.98 Å². The first-order valence-corrected chi connectivity index (χ1v) is 13.0. The largest absolute Gasteiger partial charge is 0.351 e. The van der Waals surface area contributed by atoms with Gasteiger partial charge >= 0.3 is 0 Å². The molecule has 0 fully saturated rings. The Morgan fingerprint density at radius 3 is 2.74 bits per heavy atom. The van der Waals surface area contributed by atoms with E-state index in [0.717, 1.165) is 16.1 Å². The number of fused-ring (bicyclic) bond motifs is 3. The Morgan fingerprint density at radius 2 is 1.94 bits per heavy atom. The molecule has 0 saturated heterocycles. The van der Waals surface area contributed by atoms with Crippen molar-refractivity contribution in [1.82, 2.24) is 10.2 Å². The summed E-state index contributed by atoms with van der Waals surface area (Å²) >= 11 is 3.14. The number of hydrogen-bond donors (Lipinski definition) is 1. The molecule has 1 N–H and O–H groups in total. The van der Waals surface area contributed by atoms with Crippen molar-refractivity contribution in [3.05, 3.63) is 87.6 Å². The molecule has 172 valence electrons. The van der Waals surface area contributed by atoms with E-state index in [-0.39, 0.29) is 18.2 Å². The number of aliphatic imine (C=N–C) groups is 2. The van der Waals surface area contributed by atoms with Crippen LogP contribution in [0.25, 0.3) is 0 Å². The second-order valence-electron chi connectivity index (χ2n) is 8.22. The van der Waals surface area contributed by atoms with Crippen LogP contribution in [0.15, 0.2) is 76.0 Å². The van der Waals surface area contributed by atoms with Gasteiger partial charge in [0.1, 0.15) is 11.9 Å². The van der Waals surface area contributed by atoms with E-state index in [1.165, 1.54) is 22.9 Å². The standard InChI is InChI=1S/C26H24N4O2S2/c1-17-8-10-18(11-9-17)16-34-26-29-21-7-3-2-6-20(21)24-28-22(25(32)30(24)26)12-13-23(31)27-15-19-5-4-14-33-19/h2-11,14,22H,12-13,15-16H2,1H3,(H,27,31)/t22-/m1/s1. The fraction of sp³-hybridized carbons (Fsp3) is 0.231. The van der Waals surface area contributed by atoms with E-state index in [0.29, 0.717) is 29.7 Å². The minimum absolute atomic E-state index is 0.0747. The first-order chi connectivity index (χ1) is 16.6. The first kappa shape index (κ1) is 22.6. The second kappa shape index (κ2) is 9.95. The number of carbonyl (C=O) groups excluding carboxylic acids is 2. The number of nitrogens with zero attached hydrogens (tertiary/aromatic N) is 3. The molecule has 2 amide bonds. The molecular formula is C26H24N4O2S2. The van der Waals surface area contributed by atoms with E-state index in [9.17, 15) is 9.59 Å². The summed E-state index contributed by atoms with van der Waals surface area (Å²) in [5.74, 6) is 1.14. The molecule has 3 aromatic rings. The number of para-hydroxylation sites is 1. The average molecular weight is 489 g/mol. The zero-order valence-electron chi connectivity index (χ0n) is 18.7. The van der Waals surface area contributed by atoms with Gasteiger partial charge in [-0.25, -0.2) is 9.89 Å². The summed E-state index contributed by atoms with van der Waals surface area (Å²) in [6.07, 6.45) is 0.615. The van der Waals surface area contributed by atoms with Gasteiger partial charge in [0, 0.05) is 22.6 Å². The molecule has 2 aliphatic rings. The average Bonchev–Trinajstić information content (AvgIpc) is 3.49. The van der Waals surface area contributed by atoms with Gasteiger partial charge in [-0.1, -0.05) is 59.8 Å². The number of hydrogen-bond acceptors (Lipinski definition) is 6. The molecule has 2 aliphatic heterocycles. The van der Waals surface area contributed by atoms with E-state index in [1.807, 2.05) is 41.8 Å². The second-order valence-corrected chi connectivity index (χ2v) is 10.2. The Bertz CT molecular complexity index is 1270. The van der Waals surface area contributed by atoms with Gasteiger partial charge < -0.3 is 5.32 Å². The molecular weight excluding hydrogens is 464 g/mol. The van der Waals surface area contributed by atoms with E-state index in [2.05, 4.69) is 36.5 Å². The van der Waals surface area contributed by atoms with Gasteiger partial charge in [-0.15, -0.1) is 11.3 Å². The van der Waals surface area contributed by atoms with Crippen molar-refractivity contribution in [3.63, 3.8) is 0 Å². The van der Waals surface area contributed by atoms with Crippen molar-refractivity contribution in [3.8, 4) is 0 Å². The molecule has 2 aromatic carbocycles. The first-order valence-electron chi connectivity index (χ1n) is 11.2. The normalized spacial score (nSPS) is 16.6. The number of amides is 2. The van der Waals surface area contributed by atoms with E-state index in [4.69, 9.17) is 9.98 Å². The van der Waals surface area contributed by atoms with Gasteiger partial charge in [0.25, 0.3) is 5.91 Å². The molecule has 0 aliphatic carbocycles. The molecule has 5 rings (SSSR count). The van der Waals surface area contributed by atoms with Crippen molar-refractivity contribution in [2.45, 2.75) is 38.1 Å². The van der Waals surface area contributed by atoms with Crippen molar-refractivity contribution < 1.29 is 9.59 Å². The molecule has 6 nitrogen and oxygen atoms in total. The molecule has 34 heavy (non-hydrogen) atoms. The maximum absolute atomic E-state index is 13.4. The Morgan fingerprint density at radius 1 is 1.12 bits per heavy atom. The molecule has 1 aromatic heterocycles. The van der Waals surface area contributed by atoms with E-state index >= 15 is 0 Å². The van der Waals surface area contributed by atoms with Crippen molar-refractivity contribution in [1.29, 1.82) is 0 Å². The van der Waals surface area contributed by atoms with Gasteiger partial charge in [-0.05, 0) is 42.5 Å². The van der Waals surface area contributed by atoms with E-state index in [1.54, 1.807) is 16.2 Å². The Kier molecular flexibility index (Phi) is 6.60. The van der Waals surface area contributed by atoms with Crippen molar-refractivity contribution in [2.75, 3.05) is 0 Å². The number of rotatable bonds is 7. The van der Waals surface area contributed by atoms with Gasteiger partial charge in [-0.2, -0.15) is 0 Å². The monoisotopic (exact) mass is 488 g/mol. The number of nitrogens with one attached hydrogen (secondary N) is 1. The minimum atomic E-state index is -0.584. The highest BCUT2D eigenvalue weighted by atomic mass is 32.2. The predicted molar refractivity (Wildman–Crippen MR) is 139 cm³/mol. The summed E-state index contributed by atoms with van der Waals surface area (Å²) in [6.45, 7) is 2.57. The summed E-state index contributed by atoms with van der Waals surface area (Å²) in [5.41, 5.74) is 4.04. The summed E-state index contributed by atoms with van der Waals surface area (Å²) in [7, 11) is 0. The predicted octanol–water partition coefficient (Wildman–Crippen LogP) is 5.05. The molecule has 0 saturated carbocycles.